The van der Waals surface area contributed by atoms with Crippen LogP contribution in [0.25, 0.3) is 0 Å². The van der Waals surface area contributed by atoms with Gasteiger partial charge in [0.15, 0.2) is 0 Å². The van der Waals surface area contributed by atoms with Crippen molar-refractivity contribution in [3.63, 3.8) is 0 Å². The number of hydrogen-bond acceptors (Lipinski definition) is 2. The van der Waals surface area contributed by atoms with Crippen molar-refractivity contribution >= 4 is 17.0 Å². The van der Waals surface area contributed by atoms with E-state index in [0.29, 0.717) is 5.75 Å². The van der Waals surface area contributed by atoms with Gasteiger partial charge < -0.3 is 10.8 Å². The molecule has 0 fully saturated rings. The third-order valence-corrected chi connectivity index (χ3v) is 2.20. The van der Waals surface area contributed by atoms with E-state index in [1.54, 1.807) is 6.07 Å². The fourth-order valence-electron chi connectivity index (χ4n) is 1.66. The predicted molar refractivity (Wildman–Crippen MR) is 53.8 cm³/mol. The smallest absolute Gasteiger partial charge is 0.119 e. The van der Waals surface area contributed by atoms with Gasteiger partial charge in [-0.1, -0.05) is 12.1 Å². The zero-order chi connectivity index (χ0) is 7.84. The SMILES string of the molecule is Br.NC1Cc2cccc(O)c2C1. The van der Waals surface area contributed by atoms with Crippen LogP contribution in [0.2, 0.25) is 0 Å². The lowest BCUT2D eigenvalue weighted by Gasteiger charge is -1.99. The van der Waals surface area contributed by atoms with Crippen molar-refractivity contribution in [2.45, 2.75) is 18.9 Å². The number of fused-ring (bicyclic) bond motifs is 1. The van der Waals surface area contributed by atoms with Gasteiger partial charge in [-0.2, -0.15) is 0 Å². The summed E-state index contributed by atoms with van der Waals surface area (Å²) < 4.78 is 0. The molecule has 0 amide bonds. The Kier molecular flexibility index (Phi) is 2.75. The van der Waals surface area contributed by atoms with Crippen molar-refractivity contribution in [1.29, 1.82) is 0 Å². The van der Waals surface area contributed by atoms with E-state index in [1.165, 1.54) is 5.56 Å². The largest absolute Gasteiger partial charge is 0.508 e. The molecule has 0 aliphatic heterocycles. The monoisotopic (exact) mass is 229 g/mol. The van der Waals surface area contributed by atoms with E-state index in [2.05, 4.69) is 0 Å². The molecule has 1 aliphatic rings. The van der Waals surface area contributed by atoms with Gasteiger partial charge in [0.05, 0.1) is 0 Å². The van der Waals surface area contributed by atoms with Crippen LogP contribution in [0.3, 0.4) is 0 Å². The zero-order valence-corrected chi connectivity index (χ0v) is 8.37. The minimum absolute atomic E-state index is 0. The maximum atomic E-state index is 9.39. The van der Waals surface area contributed by atoms with Gasteiger partial charge in [0.25, 0.3) is 0 Å². The molecule has 3 heteroatoms. The first-order valence-corrected chi connectivity index (χ1v) is 3.82. The highest BCUT2D eigenvalue weighted by Crippen LogP contribution is 2.28. The lowest BCUT2D eigenvalue weighted by molar-refractivity contribution is 0.468. The molecule has 0 saturated heterocycles. The highest BCUT2D eigenvalue weighted by Gasteiger charge is 2.19. The maximum absolute atomic E-state index is 9.39. The van der Waals surface area contributed by atoms with Crippen molar-refractivity contribution < 1.29 is 5.11 Å². The molecule has 0 radical (unpaired) electrons. The van der Waals surface area contributed by atoms with Gasteiger partial charge in [-0.05, 0) is 30.0 Å². The number of hydrogen-bond donors (Lipinski definition) is 2. The Morgan fingerprint density at radius 1 is 1.33 bits per heavy atom. The number of phenolic OH excluding ortho intramolecular Hbond substituents is 1. The topological polar surface area (TPSA) is 46.2 Å². The number of aromatic hydroxyl groups is 1. The Hall–Kier alpha value is -0.540. The van der Waals surface area contributed by atoms with Crippen molar-refractivity contribution in [3.8, 4) is 5.75 Å². The maximum Gasteiger partial charge on any atom is 0.119 e. The minimum atomic E-state index is 0. The molecule has 1 aliphatic carbocycles. The van der Waals surface area contributed by atoms with E-state index in [1.807, 2.05) is 12.1 Å². The molecule has 1 aromatic carbocycles. The quantitative estimate of drug-likeness (QED) is 0.707. The summed E-state index contributed by atoms with van der Waals surface area (Å²) in [4.78, 5) is 0. The second-order valence-electron chi connectivity index (χ2n) is 3.08. The third-order valence-electron chi connectivity index (χ3n) is 2.20. The van der Waals surface area contributed by atoms with E-state index >= 15 is 0 Å². The average molecular weight is 230 g/mol. The Balaban J connectivity index is 0.000000720. The number of nitrogens with two attached hydrogens (primary N) is 1. The number of halogens is 1. The van der Waals surface area contributed by atoms with Crippen LogP contribution in [0.4, 0.5) is 0 Å². The lowest BCUT2D eigenvalue weighted by Crippen LogP contribution is -2.19. The molecule has 1 aromatic rings. The number of benzene rings is 1. The molecular weight excluding hydrogens is 218 g/mol. The summed E-state index contributed by atoms with van der Waals surface area (Å²) in [6.07, 6.45) is 1.73. The molecule has 0 aromatic heterocycles. The van der Waals surface area contributed by atoms with Crippen LogP contribution < -0.4 is 5.73 Å². The summed E-state index contributed by atoms with van der Waals surface area (Å²) in [5, 5.41) is 9.39. The van der Waals surface area contributed by atoms with Crippen LogP contribution in [0.1, 0.15) is 11.1 Å². The summed E-state index contributed by atoms with van der Waals surface area (Å²) >= 11 is 0. The number of rotatable bonds is 0. The molecule has 2 rings (SSSR count). The van der Waals surface area contributed by atoms with Gasteiger partial charge in [0.2, 0.25) is 0 Å². The second kappa shape index (κ2) is 3.46. The standard InChI is InChI=1S/C9H11NO.BrH/c10-7-4-6-2-1-3-9(11)8(6)5-7;/h1-3,7,11H,4-5,10H2;1H. The molecule has 0 spiro atoms. The zero-order valence-electron chi connectivity index (χ0n) is 6.66. The summed E-state index contributed by atoms with van der Waals surface area (Å²) in [6, 6.07) is 5.82. The average Bonchev–Trinajstić information content (AvgIpc) is 2.31. The molecule has 12 heavy (non-hydrogen) atoms. The van der Waals surface area contributed by atoms with Crippen LogP contribution >= 0.6 is 17.0 Å². The summed E-state index contributed by atoms with van der Waals surface area (Å²) in [5.41, 5.74) is 7.99. The highest BCUT2D eigenvalue weighted by atomic mass is 79.9. The molecule has 1 unspecified atom stereocenters. The van der Waals surface area contributed by atoms with Gasteiger partial charge in [0.1, 0.15) is 5.75 Å². The molecule has 1 atom stereocenters. The van der Waals surface area contributed by atoms with Crippen LogP contribution in [0.15, 0.2) is 18.2 Å². The summed E-state index contributed by atoms with van der Waals surface area (Å²) in [5.74, 6) is 0.399. The first-order valence-electron chi connectivity index (χ1n) is 3.82. The van der Waals surface area contributed by atoms with Crippen molar-refractivity contribution in [3.05, 3.63) is 29.3 Å². The van der Waals surface area contributed by atoms with Crippen molar-refractivity contribution in [2.24, 2.45) is 5.73 Å². The Morgan fingerprint density at radius 3 is 2.75 bits per heavy atom. The fourth-order valence-corrected chi connectivity index (χ4v) is 1.66. The van der Waals surface area contributed by atoms with Crippen LogP contribution in [-0.4, -0.2) is 11.1 Å². The predicted octanol–water partition coefficient (Wildman–Crippen LogP) is 1.40. The molecule has 0 saturated carbocycles. The van der Waals surface area contributed by atoms with E-state index in [4.69, 9.17) is 5.73 Å². The van der Waals surface area contributed by atoms with Gasteiger partial charge in [0, 0.05) is 6.04 Å². The van der Waals surface area contributed by atoms with E-state index in [0.717, 1.165) is 18.4 Å². The molecular formula is C9H12BrNO. The Labute approximate surface area is 82.2 Å². The van der Waals surface area contributed by atoms with E-state index in [-0.39, 0.29) is 23.0 Å². The van der Waals surface area contributed by atoms with Crippen LogP contribution in [-0.2, 0) is 12.8 Å². The minimum Gasteiger partial charge on any atom is -0.508 e. The first-order chi connectivity index (χ1) is 5.27. The van der Waals surface area contributed by atoms with Crippen LogP contribution in [0.5, 0.6) is 5.75 Å². The van der Waals surface area contributed by atoms with Crippen molar-refractivity contribution in [1.82, 2.24) is 0 Å². The van der Waals surface area contributed by atoms with E-state index < -0.39 is 0 Å². The molecule has 66 valence electrons. The van der Waals surface area contributed by atoms with Crippen LogP contribution in [0, 0.1) is 0 Å². The van der Waals surface area contributed by atoms with E-state index in [9.17, 15) is 5.11 Å². The van der Waals surface area contributed by atoms with Gasteiger partial charge >= 0.3 is 0 Å². The summed E-state index contributed by atoms with van der Waals surface area (Å²) in [7, 11) is 0. The third kappa shape index (κ3) is 1.47. The molecule has 2 nitrogen and oxygen atoms in total. The highest BCUT2D eigenvalue weighted by molar-refractivity contribution is 8.93. The van der Waals surface area contributed by atoms with Gasteiger partial charge in [-0.25, -0.2) is 0 Å². The lowest BCUT2D eigenvalue weighted by atomic mass is 10.1. The Morgan fingerprint density at radius 2 is 2.08 bits per heavy atom. The number of phenols is 1. The normalized spacial score (nSPS) is 19.9. The van der Waals surface area contributed by atoms with Gasteiger partial charge in [-0.15, -0.1) is 17.0 Å². The summed E-state index contributed by atoms with van der Waals surface area (Å²) in [6.45, 7) is 0. The molecule has 3 N–H and O–H groups in total. The fraction of sp³-hybridized carbons (Fsp3) is 0.333. The van der Waals surface area contributed by atoms with Crippen molar-refractivity contribution in [2.75, 3.05) is 0 Å². The molecule has 0 bridgehead atoms. The Bertz CT molecular complexity index is 288. The second-order valence-corrected chi connectivity index (χ2v) is 3.08. The van der Waals surface area contributed by atoms with Gasteiger partial charge in [-0.3, -0.25) is 0 Å². The molecule has 0 heterocycles. The first kappa shape index (κ1) is 9.55.